The van der Waals surface area contributed by atoms with Crippen LogP contribution in [0, 0.1) is 0 Å². The molecule has 0 radical (unpaired) electrons. The molecule has 0 spiro atoms. The van der Waals surface area contributed by atoms with Gasteiger partial charge in [-0.3, -0.25) is 14.4 Å². The van der Waals surface area contributed by atoms with Crippen LogP contribution in [0.15, 0.2) is 0 Å². The fourth-order valence-corrected chi connectivity index (χ4v) is 2.94. The molecule has 0 bridgehead atoms. The number of amides is 3. The van der Waals surface area contributed by atoms with E-state index in [4.69, 9.17) is 15.2 Å². The SMILES string of the molecule is CC(=O)NC1C(O)[C@H](O)[C@@H](CO)O[C@H]1O[C@H](C)[C@H](NC(C)=O)C(=O)NC(C)C(C)N. The van der Waals surface area contributed by atoms with E-state index in [-0.39, 0.29) is 12.1 Å². The molecule has 174 valence electrons. The van der Waals surface area contributed by atoms with E-state index >= 15 is 0 Å². The molecule has 3 amide bonds. The van der Waals surface area contributed by atoms with Crippen molar-refractivity contribution in [1.82, 2.24) is 16.0 Å². The van der Waals surface area contributed by atoms with Gasteiger partial charge in [0, 0.05) is 25.9 Å². The van der Waals surface area contributed by atoms with Gasteiger partial charge in [-0.05, 0) is 20.8 Å². The zero-order chi connectivity index (χ0) is 23.2. The van der Waals surface area contributed by atoms with E-state index in [2.05, 4.69) is 16.0 Å². The van der Waals surface area contributed by atoms with Crippen molar-refractivity contribution in [3.05, 3.63) is 0 Å². The summed E-state index contributed by atoms with van der Waals surface area (Å²) in [6.45, 7) is 6.76. The van der Waals surface area contributed by atoms with E-state index in [1.165, 1.54) is 20.8 Å². The van der Waals surface area contributed by atoms with Gasteiger partial charge in [-0.1, -0.05) is 0 Å². The summed E-state index contributed by atoms with van der Waals surface area (Å²) in [7, 11) is 0. The van der Waals surface area contributed by atoms with Crippen LogP contribution in [0.25, 0.3) is 0 Å². The van der Waals surface area contributed by atoms with Crippen LogP contribution in [0.4, 0.5) is 0 Å². The van der Waals surface area contributed by atoms with Gasteiger partial charge in [0.1, 0.15) is 30.4 Å². The van der Waals surface area contributed by atoms with E-state index in [0.717, 1.165) is 0 Å². The van der Waals surface area contributed by atoms with Crippen molar-refractivity contribution in [1.29, 1.82) is 0 Å². The van der Waals surface area contributed by atoms with Crippen LogP contribution in [0.3, 0.4) is 0 Å². The Labute approximate surface area is 175 Å². The summed E-state index contributed by atoms with van der Waals surface area (Å²) < 4.78 is 11.3. The van der Waals surface area contributed by atoms with Crippen molar-refractivity contribution in [3.8, 4) is 0 Å². The first kappa shape index (κ1) is 26.2. The maximum absolute atomic E-state index is 12.7. The van der Waals surface area contributed by atoms with Crippen molar-refractivity contribution in [2.24, 2.45) is 5.73 Å². The normalized spacial score (nSPS) is 30.5. The molecule has 1 aliphatic rings. The topological polar surface area (TPSA) is 192 Å². The molecule has 1 heterocycles. The first-order chi connectivity index (χ1) is 13.9. The highest BCUT2D eigenvalue weighted by Gasteiger charge is 2.46. The zero-order valence-electron chi connectivity index (χ0n) is 17.9. The van der Waals surface area contributed by atoms with E-state index in [0.29, 0.717) is 0 Å². The fraction of sp³-hybridized carbons (Fsp3) is 0.833. The number of hydrogen-bond donors (Lipinski definition) is 7. The molecule has 0 saturated carbocycles. The van der Waals surface area contributed by atoms with Crippen molar-refractivity contribution >= 4 is 17.7 Å². The van der Waals surface area contributed by atoms with E-state index < -0.39 is 67.1 Å². The summed E-state index contributed by atoms with van der Waals surface area (Å²) in [5.74, 6) is -1.54. The van der Waals surface area contributed by atoms with Gasteiger partial charge in [0.2, 0.25) is 17.7 Å². The Morgan fingerprint density at radius 2 is 1.67 bits per heavy atom. The number of aliphatic hydroxyl groups is 3. The molecule has 1 saturated heterocycles. The quantitative estimate of drug-likeness (QED) is 0.195. The van der Waals surface area contributed by atoms with Gasteiger partial charge in [0.25, 0.3) is 0 Å². The molecule has 30 heavy (non-hydrogen) atoms. The molecule has 0 aromatic heterocycles. The van der Waals surface area contributed by atoms with E-state index in [1.807, 2.05) is 0 Å². The number of nitrogens with one attached hydrogen (secondary N) is 3. The summed E-state index contributed by atoms with van der Waals surface area (Å²) in [4.78, 5) is 35.8. The monoisotopic (exact) mass is 434 g/mol. The zero-order valence-corrected chi connectivity index (χ0v) is 17.9. The standard InChI is InChI=1S/C18H34N4O8/c1-7(19)8(2)20-17(28)13(21-10(4)24)9(3)29-18-14(22-11(5)25)16(27)15(26)12(6-23)30-18/h7-9,12-16,18,23,26-27H,6,19H2,1-5H3,(H,20,28)(H,21,24)(H,22,25)/t7?,8?,9-,12-,13+,14?,15-,16?,18-/m1/s1. The number of ether oxygens (including phenoxy) is 2. The average Bonchev–Trinajstić information content (AvgIpc) is 2.64. The predicted molar refractivity (Wildman–Crippen MR) is 105 cm³/mol. The Morgan fingerprint density at radius 1 is 1.07 bits per heavy atom. The third-order valence-electron chi connectivity index (χ3n) is 4.87. The second kappa shape index (κ2) is 11.5. The lowest BCUT2D eigenvalue weighted by Crippen LogP contribution is -2.66. The van der Waals surface area contributed by atoms with Crippen molar-refractivity contribution in [3.63, 3.8) is 0 Å². The number of hydrogen-bond acceptors (Lipinski definition) is 9. The lowest BCUT2D eigenvalue weighted by Gasteiger charge is -2.43. The molecule has 12 nitrogen and oxygen atoms in total. The first-order valence-electron chi connectivity index (χ1n) is 9.77. The Morgan fingerprint density at radius 3 is 2.13 bits per heavy atom. The maximum Gasteiger partial charge on any atom is 0.245 e. The molecule has 0 aromatic carbocycles. The van der Waals surface area contributed by atoms with Gasteiger partial charge in [0.05, 0.1) is 12.7 Å². The second-order valence-corrected chi connectivity index (χ2v) is 7.61. The van der Waals surface area contributed by atoms with Crippen LogP contribution in [0.5, 0.6) is 0 Å². The number of carbonyl (C=O) groups excluding carboxylic acids is 3. The van der Waals surface area contributed by atoms with Crippen LogP contribution in [0.2, 0.25) is 0 Å². The molecule has 8 N–H and O–H groups in total. The van der Waals surface area contributed by atoms with Gasteiger partial charge in [0.15, 0.2) is 6.29 Å². The highest BCUT2D eigenvalue weighted by Crippen LogP contribution is 2.24. The second-order valence-electron chi connectivity index (χ2n) is 7.61. The summed E-state index contributed by atoms with van der Waals surface area (Å²) in [6, 6.07) is -3.03. The van der Waals surface area contributed by atoms with Gasteiger partial charge in [-0.15, -0.1) is 0 Å². The molecule has 9 atom stereocenters. The molecule has 1 fully saturated rings. The largest absolute Gasteiger partial charge is 0.394 e. The van der Waals surface area contributed by atoms with Gasteiger partial charge >= 0.3 is 0 Å². The summed E-state index contributed by atoms with van der Waals surface area (Å²) >= 11 is 0. The molecular weight excluding hydrogens is 400 g/mol. The fourth-order valence-electron chi connectivity index (χ4n) is 2.94. The van der Waals surface area contributed by atoms with E-state index in [1.54, 1.807) is 13.8 Å². The Hall–Kier alpha value is -1.83. The molecule has 0 aromatic rings. The minimum absolute atomic E-state index is 0.337. The van der Waals surface area contributed by atoms with Gasteiger partial charge in [-0.2, -0.15) is 0 Å². The molecular formula is C18H34N4O8. The number of nitrogens with two attached hydrogens (primary N) is 1. The number of rotatable bonds is 9. The average molecular weight is 434 g/mol. The van der Waals surface area contributed by atoms with Crippen molar-refractivity contribution in [2.75, 3.05) is 6.61 Å². The smallest absolute Gasteiger partial charge is 0.245 e. The Bertz CT molecular complexity index is 605. The van der Waals surface area contributed by atoms with Crippen LogP contribution in [-0.4, -0.2) is 94.5 Å². The molecule has 12 heteroatoms. The summed E-state index contributed by atoms with van der Waals surface area (Å²) in [6.07, 6.45) is -6.42. The molecule has 1 rings (SSSR count). The third-order valence-corrected chi connectivity index (χ3v) is 4.87. The van der Waals surface area contributed by atoms with Crippen LogP contribution >= 0.6 is 0 Å². The number of carbonyl (C=O) groups is 3. The van der Waals surface area contributed by atoms with Gasteiger partial charge < -0.3 is 46.5 Å². The third kappa shape index (κ3) is 7.15. The van der Waals surface area contributed by atoms with E-state index in [9.17, 15) is 29.7 Å². The summed E-state index contributed by atoms with van der Waals surface area (Å²) in [5.41, 5.74) is 5.77. The lowest BCUT2D eigenvalue weighted by molar-refractivity contribution is -0.281. The molecule has 0 aliphatic carbocycles. The lowest BCUT2D eigenvalue weighted by atomic mass is 9.96. The van der Waals surface area contributed by atoms with Crippen LogP contribution in [-0.2, 0) is 23.9 Å². The van der Waals surface area contributed by atoms with Crippen molar-refractivity contribution in [2.45, 2.75) is 89.5 Å². The van der Waals surface area contributed by atoms with Crippen molar-refractivity contribution < 1.29 is 39.2 Å². The molecule has 4 unspecified atom stereocenters. The minimum Gasteiger partial charge on any atom is -0.394 e. The van der Waals surface area contributed by atoms with Crippen LogP contribution in [0.1, 0.15) is 34.6 Å². The molecule has 1 aliphatic heterocycles. The highest BCUT2D eigenvalue weighted by atomic mass is 16.7. The Kier molecular flexibility index (Phi) is 10.1. The number of aliphatic hydroxyl groups excluding tert-OH is 3. The first-order valence-corrected chi connectivity index (χ1v) is 9.77. The maximum atomic E-state index is 12.7. The highest BCUT2D eigenvalue weighted by molar-refractivity contribution is 5.87. The minimum atomic E-state index is -1.50. The van der Waals surface area contributed by atoms with Crippen LogP contribution < -0.4 is 21.7 Å². The predicted octanol–water partition coefficient (Wildman–Crippen LogP) is -3.31. The Balaban J connectivity index is 3.04. The summed E-state index contributed by atoms with van der Waals surface area (Å²) in [5, 5.41) is 37.4. The van der Waals surface area contributed by atoms with Gasteiger partial charge in [-0.25, -0.2) is 0 Å².